The molecule has 2 aliphatic heterocycles. The normalized spacial score (nSPS) is 18.1. The number of benzene rings is 1. The zero-order valence-corrected chi connectivity index (χ0v) is 20.7. The number of aryl methyl sites for hydroxylation is 1. The predicted octanol–water partition coefficient (Wildman–Crippen LogP) is 6.10. The summed E-state index contributed by atoms with van der Waals surface area (Å²) in [5.41, 5.74) is 3.42. The number of alkyl halides is 2. The number of fused-ring (bicyclic) bond motifs is 2. The van der Waals surface area contributed by atoms with Crippen molar-refractivity contribution in [3.8, 4) is 5.75 Å². The van der Waals surface area contributed by atoms with E-state index in [1.165, 1.54) is 25.0 Å². The minimum absolute atomic E-state index is 0.0187. The molecule has 0 unspecified atom stereocenters. The van der Waals surface area contributed by atoms with Gasteiger partial charge in [-0.3, -0.25) is 9.48 Å². The van der Waals surface area contributed by atoms with Crippen molar-refractivity contribution in [3.05, 3.63) is 34.5 Å². The summed E-state index contributed by atoms with van der Waals surface area (Å²) in [6, 6.07) is 3.62. The SMILES string of the molecule is CC.CC(=O)N1CCc2c(c(N3CCOc4cc(C)c(C(F)F)cc43)nn2C2CCCCC2)C1. The fourth-order valence-corrected chi connectivity index (χ4v) is 5.38. The Bertz CT molecular complexity index is 1030. The van der Waals surface area contributed by atoms with Gasteiger partial charge < -0.3 is 14.5 Å². The molecule has 0 N–H and O–H groups in total. The van der Waals surface area contributed by atoms with Gasteiger partial charge in [0.05, 0.1) is 24.8 Å². The predicted molar refractivity (Wildman–Crippen MR) is 129 cm³/mol. The maximum atomic E-state index is 13.7. The van der Waals surface area contributed by atoms with Gasteiger partial charge in [0.15, 0.2) is 5.82 Å². The van der Waals surface area contributed by atoms with Gasteiger partial charge in [0, 0.05) is 36.7 Å². The van der Waals surface area contributed by atoms with Gasteiger partial charge in [-0.1, -0.05) is 33.1 Å². The first-order chi connectivity index (χ1) is 16.4. The van der Waals surface area contributed by atoms with E-state index in [0.29, 0.717) is 49.3 Å². The van der Waals surface area contributed by atoms with Gasteiger partial charge in [0.1, 0.15) is 12.4 Å². The molecule has 0 atom stereocenters. The van der Waals surface area contributed by atoms with Crippen LogP contribution in [0.25, 0.3) is 0 Å². The third-order valence-electron chi connectivity index (χ3n) is 7.13. The molecule has 0 radical (unpaired) electrons. The second kappa shape index (κ2) is 10.3. The van der Waals surface area contributed by atoms with Crippen molar-refractivity contribution < 1.29 is 18.3 Å². The average Bonchev–Trinajstić information content (AvgIpc) is 3.23. The van der Waals surface area contributed by atoms with Gasteiger partial charge in [-0.25, -0.2) is 8.78 Å². The molecule has 34 heavy (non-hydrogen) atoms. The zero-order valence-electron chi connectivity index (χ0n) is 20.7. The van der Waals surface area contributed by atoms with Crippen LogP contribution < -0.4 is 9.64 Å². The number of amides is 1. The molecule has 0 bridgehead atoms. The molecule has 1 aromatic heterocycles. The first kappa shape index (κ1) is 24.5. The maximum absolute atomic E-state index is 13.7. The number of rotatable bonds is 3. The number of hydrogen-bond donors (Lipinski definition) is 0. The average molecular weight is 475 g/mol. The third-order valence-corrected chi connectivity index (χ3v) is 7.13. The fourth-order valence-electron chi connectivity index (χ4n) is 5.38. The van der Waals surface area contributed by atoms with E-state index in [0.717, 1.165) is 30.6 Å². The van der Waals surface area contributed by atoms with E-state index in [-0.39, 0.29) is 11.5 Å². The number of aromatic nitrogens is 2. The summed E-state index contributed by atoms with van der Waals surface area (Å²) >= 11 is 0. The standard InChI is InChI=1S/C24H30F2N4O2.C2H6/c1-15-12-22-21(13-18(15)23(25)26)29(10-11-32-22)24-19-14-28(16(2)31)9-8-20(19)30(27-24)17-6-4-3-5-7-17;1-2/h12-13,17,23H,3-11,14H2,1-2H3;1-2H3. The number of carbonyl (C=O) groups is 1. The van der Waals surface area contributed by atoms with E-state index in [2.05, 4.69) is 4.68 Å². The molecule has 8 heteroatoms. The lowest BCUT2D eigenvalue weighted by Gasteiger charge is -2.33. The van der Waals surface area contributed by atoms with Crippen LogP contribution in [-0.4, -0.2) is 40.3 Å². The maximum Gasteiger partial charge on any atom is 0.264 e. The Labute approximate surface area is 200 Å². The van der Waals surface area contributed by atoms with Gasteiger partial charge >= 0.3 is 0 Å². The van der Waals surface area contributed by atoms with Gasteiger partial charge in [0.2, 0.25) is 5.91 Å². The van der Waals surface area contributed by atoms with Crippen molar-refractivity contribution in [3.63, 3.8) is 0 Å². The fraction of sp³-hybridized carbons (Fsp3) is 0.615. The molecule has 3 aliphatic rings. The Balaban J connectivity index is 0.00000133. The van der Waals surface area contributed by atoms with Gasteiger partial charge in [-0.2, -0.15) is 5.10 Å². The topological polar surface area (TPSA) is 50.6 Å². The highest BCUT2D eigenvalue weighted by atomic mass is 19.3. The second-order valence-corrected chi connectivity index (χ2v) is 9.15. The molecule has 1 amide bonds. The van der Waals surface area contributed by atoms with Crippen LogP contribution in [0.15, 0.2) is 12.1 Å². The molecular weight excluding hydrogens is 438 g/mol. The molecule has 1 saturated carbocycles. The smallest absolute Gasteiger partial charge is 0.264 e. The molecule has 3 heterocycles. The quantitative estimate of drug-likeness (QED) is 0.540. The van der Waals surface area contributed by atoms with Crippen LogP contribution in [0, 0.1) is 6.92 Å². The van der Waals surface area contributed by atoms with Gasteiger partial charge in [0.25, 0.3) is 6.43 Å². The summed E-state index contributed by atoms with van der Waals surface area (Å²) in [6.07, 6.45) is 4.10. The second-order valence-electron chi connectivity index (χ2n) is 9.15. The van der Waals surface area contributed by atoms with Crippen LogP contribution in [0.4, 0.5) is 20.3 Å². The summed E-state index contributed by atoms with van der Waals surface area (Å²) < 4.78 is 35.4. The highest BCUT2D eigenvalue weighted by Crippen LogP contribution is 2.43. The highest BCUT2D eigenvalue weighted by molar-refractivity contribution is 5.76. The number of halogens is 2. The van der Waals surface area contributed by atoms with Crippen molar-refractivity contribution in [1.29, 1.82) is 0 Å². The largest absolute Gasteiger partial charge is 0.490 e. The van der Waals surface area contributed by atoms with E-state index in [9.17, 15) is 13.6 Å². The van der Waals surface area contributed by atoms with E-state index >= 15 is 0 Å². The molecule has 6 nitrogen and oxygen atoms in total. The molecule has 0 spiro atoms. The van der Waals surface area contributed by atoms with Crippen LogP contribution in [0.2, 0.25) is 0 Å². The van der Waals surface area contributed by atoms with Crippen molar-refractivity contribution in [2.45, 2.75) is 85.2 Å². The Morgan fingerprint density at radius 2 is 1.88 bits per heavy atom. The molecule has 186 valence electrons. The highest BCUT2D eigenvalue weighted by Gasteiger charge is 2.34. The molecule has 1 aromatic carbocycles. The van der Waals surface area contributed by atoms with E-state index in [1.807, 2.05) is 23.6 Å². The summed E-state index contributed by atoms with van der Waals surface area (Å²) in [4.78, 5) is 16.0. The number of carbonyl (C=O) groups excluding carboxylic acids is 1. The Kier molecular flexibility index (Phi) is 7.43. The summed E-state index contributed by atoms with van der Waals surface area (Å²) in [5, 5.41) is 5.09. The lowest BCUT2D eigenvalue weighted by Crippen LogP contribution is -2.36. The van der Waals surface area contributed by atoms with Crippen LogP contribution in [0.1, 0.15) is 87.7 Å². The Morgan fingerprint density at radius 1 is 1.15 bits per heavy atom. The monoisotopic (exact) mass is 474 g/mol. The van der Waals surface area contributed by atoms with Gasteiger partial charge in [-0.15, -0.1) is 0 Å². The third kappa shape index (κ3) is 4.51. The van der Waals surface area contributed by atoms with Crippen LogP contribution in [0.5, 0.6) is 5.75 Å². The zero-order chi connectivity index (χ0) is 24.4. The van der Waals surface area contributed by atoms with Crippen molar-refractivity contribution >= 4 is 17.4 Å². The van der Waals surface area contributed by atoms with Gasteiger partial charge in [-0.05, 0) is 37.5 Å². The molecule has 1 aliphatic carbocycles. The lowest BCUT2D eigenvalue weighted by molar-refractivity contribution is -0.129. The summed E-state index contributed by atoms with van der Waals surface area (Å²) in [5.74, 6) is 1.44. The number of anilines is 2. The van der Waals surface area contributed by atoms with Crippen molar-refractivity contribution in [1.82, 2.24) is 14.7 Å². The molecule has 0 saturated heterocycles. The van der Waals surface area contributed by atoms with E-state index in [4.69, 9.17) is 9.84 Å². The Hall–Kier alpha value is -2.64. The minimum Gasteiger partial charge on any atom is -0.490 e. The summed E-state index contributed by atoms with van der Waals surface area (Å²) in [7, 11) is 0. The first-order valence-electron chi connectivity index (χ1n) is 12.6. The minimum atomic E-state index is -2.55. The summed E-state index contributed by atoms with van der Waals surface area (Å²) in [6.45, 7) is 9.48. The van der Waals surface area contributed by atoms with E-state index < -0.39 is 6.43 Å². The molecule has 5 rings (SSSR count). The van der Waals surface area contributed by atoms with E-state index in [1.54, 1.807) is 26.0 Å². The van der Waals surface area contributed by atoms with Crippen LogP contribution in [-0.2, 0) is 17.8 Å². The van der Waals surface area contributed by atoms with Crippen molar-refractivity contribution in [2.24, 2.45) is 0 Å². The molecule has 2 aromatic rings. The Morgan fingerprint density at radius 3 is 2.56 bits per heavy atom. The number of hydrogen-bond acceptors (Lipinski definition) is 4. The van der Waals surface area contributed by atoms with Crippen molar-refractivity contribution in [2.75, 3.05) is 24.6 Å². The van der Waals surface area contributed by atoms with Crippen LogP contribution >= 0.6 is 0 Å². The van der Waals surface area contributed by atoms with Crippen LogP contribution in [0.3, 0.4) is 0 Å². The first-order valence-corrected chi connectivity index (χ1v) is 12.6. The lowest BCUT2D eigenvalue weighted by atomic mass is 9.95. The number of ether oxygens (including phenoxy) is 1. The molecule has 1 fully saturated rings. The molecular formula is C26H36F2N4O2. The number of nitrogens with zero attached hydrogens (tertiary/aromatic N) is 4.